The van der Waals surface area contributed by atoms with Gasteiger partial charge in [0.2, 0.25) is 0 Å². The monoisotopic (exact) mass is 234 g/mol. The van der Waals surface area contributed by atoms with Gasteiger partial charge in [-0.25, -0.2) is 4.79 Å². The average molecular weight is 235 g/mol. The maximum Gasteiger partial charge on any atom is 0.338 e. The van der Waals surface area contributed by atoms with Gasteiger partial charge < -0.3 is 4.74 Å². The van der Waals surface area contributed by atoms with Crippen LogP contribution in [0, 0.1) is 11.8 Å². The highest BCUT2D eigenvalue weighted by molar-refractivity contribution is 6.25. The summed E-state index contributed by atoms with van der Waals surface area (Å²) in [6, 6.07) is 8.86. The quantitative estimate of drug-likeness (QED) is 0.457. The van der Waals surface area contributed by atoms with Crippen molar-refractivity contribution in [2.24, 2.45) is 0 Å². The van der Waals surface area contributed by atoms with Crippen LogP contribution in [0.15, 0.2) is 41.9 Å². The molecule has 0 fully saturated rings. The SMILES string of the molecule is O=C(OCCC#C/C=C/Cl)c1ccccc1. The van der Waals surface area contributed by atoms with Crippen LogP contribution in [-0.2, 0) is 4.74 Å². The van der Waals surface area contributed by atoms with Gasteiger partial charge in [0.25, 0.3) is 0 Å². The van der Waals surface area contributed by atoms with Crippen LogP contribution in [0.5, 0.6) is 0 Å². The molecule has 0 N–H and O–H groups in total. The van der Waals surface area contributed by atoms with E-state index in [1.165, 1.54) is 11.6 Å². The van der Waals surface area contributed by atoms with Crippen molar-refractivity contribution in [2.45, 2.75) is 6.42 Å². The van der Waals surface area contributed by atoms with E-state index in [4.69, 9.17) is 16.3 Å². The minimum Gasteiger partial charge on any atom is -0.461 e. The first-order chi connectivity index (χ1) is 7.84. The molecule has 0 spiro atoms. The summed E-state index contributed by atoms with van der Waals surface area (Å²) < 4.78 is 5.01. The molecule has 0 aliphatic heterocycles. The second-order valence-electron chi connectivity index (χ2n) is 2.87. The van der Waals surface area contributed by atoms with Crippen LogP contribution in [0.3, 0.4) is 0 Å². The molecule has 0 saturated heterocycles. The van der Waals surface area contributed by atoms with E-state index < -0.39 is 0 Å². The van der Waals surface area contributed by atoms with E-state index >= 15 is 0 Å². The fourth-order valence-electron chi connectivity index (χ4n) is 1.01. The van der Waals surface area contributed by atoms with Crippen molar-refractivity contribution in [2.75, 3.05) is 6.61 Å². The molecule has 0 aromatic heterocycles. The molecule has 16 heavy (non-hydrogen) atoms. The summed E-state index contributed by atoms with van der Waals surface area (Å²) in [4.78, 5) is 11.4. The van der Waals surface area contributed by atoms with Crippen LogP contribution in [0.4, 0.5) is 0 Å². The van der Waals surface area contributed by atoms with Crippen molar-refractivity contribution in [3.63, 3.8) is 0 Å². The first kappa shape index (κ1) is 12.4. The molecule has 0 aliphatic rings. The van der Waals surface area contributed by atoms with Gasteiger partial charge in [0.15, 0.2) is 0 Å². The third-order valence-electron chi connectivity index (χ3n) is 1.72. The number of esters is 1. The summed E-state index contributed by atoms with van der Waals surface area (Å²) in [5.74, 6) is 5.17. The van der Waals surface area contributed by atoms with Crippen molar-refractivity contribution < 1.29 is 9.53 Å². The average Bonchev–Trinajstić information content (AvgIpc) is 2.34. The van der Waals surface area contributed by atoms with Crippen LogP contribution in [0.2, 0.25) is 0 Å². The van der Waals surface area contributed by atoms with Crippen molar-refractivity contribution in [1.29, 1.82) is 0 Å². The minimum atomic E-state index is -0.324. The van der Waals surface area contributed by atoms with Gasteiger partial charge in [0.05, 0.1) is 5.56 Å². The third kappa shape index (κ3) is 4.68. The molecule has 0 saturated carbocycles. The number of rotatable bonds is 3. The fraction of sp³-hybridized carbons (Fsp3) is 0.154. The van der Waals surface area contributed by atoms with Crippen molar-refractivity contribution in [1.82, 2.24) is 0 Å². The molecule has 0 atom stereocenters. The number of hydrogen-bond donors (Lipinski definition) is 0. The number of carbonyl (C=O) groups excluding carboxylic acids is 1. The number of hydrogen-bond acceptors (Lipinski definition) is 2. The molecule has 1 aromatic carbocycles. The topological polar surface area (TPSA) is 26.3 Å². The van der Waals surface area contributed by atoms with Gasteiger partial charge in [0, 0.05) is 12.0 Å². The molecule has 0 heterocycles. The number of benzene rings is 1. The normalized spacial score (nSPS) is 9.56. The van der Waals surface area contributed by atoms with Gasteiger partial charge in [-0.1, -0.05) is 41.6 Å². The zero-order valence-corrected chi connectivity index (χ0v) is 9.41. The van der Waals surface area contributed by atoms with E-state index in [0.29, 0.717) is 12.0 Å². The molecular weight excluding hydrogens is 224 g/mol. The van der Waals surface area contributed by atoms with Crippen molar-refractivity contribution in [3.8, 4) is 11.8 Å². The minimum absolute atomic E-state index is 0.289. The maximum atomic E-state index is 11.4. The summed E-state index contributed by atoms with van der Waals surface area (Å²) in [7, 11) is 0. The van der Waals surface area contributed by atoms with Gasteiger partial charge in [0.1, 0.15) is 6.61 Å². The molecule has 3 heteroatoms. The summed E-state index contributed by atoms with van der Waals surface area (Å²) in [5, 5.41) is 0. The summed E-state index contributed by atoms with van der Waals surface area (Å²) in [5.41, 5.74) is 1.89. The Kier molecular flexibility index (Phi) is 5.83. The highest BCUT2D eigenvalue weighted by Crippen LogP contribution is 2.00. The number of allylic oxidation sites excluding steroid dienone is 1. The van der Waals surface area contributed by atoms with Gasteiger partial charge in [-0.3, -0.25) is 0 Å². The Hall–Kier alpha value is -1.72. The Morgan fingerprint density at radius 1 is 1.38 bits per heavy atom. The molecule has 0 aliphatic carbocycles. The highest BCUT2D eigenvalue weighted by atomic mass is 35.5. The summed E-state index contributed by atoms with van der Waals surface area (Å²) >= 11 is 5.28. The lowest BCUT2D eigenvalue weighted by Gasteiger charge is -2.01. The second-order valence-corrected chi connectivity index (χ2v) is 3.12. The van der Waals surface area contributed by atoms with Gasteiger partial charge >= 0.3 is 5.97 Å². The Labute approximate surface area is 99.9 Å². The molecule has 82 valence electrons. The van der Waals surface area contributed by atoms with Crippen LogP contribution >= 0.6 is 11.6 Å². The van der Waals surface area contributed by atoms with Crippen molar-refractivity contribution in [3.05, 3.63) is 47.5 Å². The Morgan fingerprint density at radius 3 is 2.81 bits per heavy atom. The first-order valence-electron chi connectivity index (χ1n) is 4.80. The third-order valence-corrected chi connectivity index (χ3v) is 1.84. The van der Waals surface area contributed by atoms with Crippen LogP contribution in [0.1, 0.15) is 16.8 Å². The highest BCUT2D eigenvalue weighted by Gasteiger charge is 2.03. The lowest BCUT2D eigenvalue weighted by Crippen LogP contribution is -2.05. The zero-order chi connectivity index (χ0) is 11.6. The van der Waals surface area contributed by atoms with Crippen LogP contribution in [-0.4, -0.2) is 12.6 Å². The zero-order valence-electron chi connectivity index (χ0n) is 8.65. The summed E-state index contributed by atoms with van der Waals surface area (Å²) in [6.07, 6.45) is 2.03. The largest absolute Gasteiger partial charge is 0.461 e. The lowest BCUT2D eigenvalue weighted by atomic mass is 10.2. The fourth-order valence-corrected chi connectivity index (χ4v) is 1.08. The smallest absolute Gasteiger partial charge is 0.338 e. The Bertz CT molecular complexity index is 413. The molecule has 0 bridgehead atoms. The standard InChI is InChI=1S/C13H11ClO2/c14-10-6-1-2-7-11-16-13(15)12-8-4-3-5-9-12/h3-6,8-10H,7,11H2/b10-6+. The van der Waals surface area contributed by atoms with E-state index in [1.54, 1.807) is 24.3 Å². The van der Waals surface area contributed by atoms with Gasteiger partial charge in [-0.2, -0.15) is 0 Å². The molecule has 1 rings (SSSR count). The predicted octanol–water partition coefficient (Wildman–Crippen LogP) is 2.99. The van der Waals surface area contributed by atoms with E-state index in [-0.39, 0.29) is 12.6 Å². The van der Waals surface area contributed by atoms with Crippen LogP contribution in [0.25, 0.3) is 0 Å². The van der Waals surface area contributed by atoms with E-state index in [2.05, 4.69) is 11.8 Å². The summed E-state index contributed by atoms with van der Waals surface area (Å²) in [6.45, 7) is 0.289. The van der Waals surface area contributed by atoms with Crippen LogP contribution < -0.4 is 0 Å². The Morgan fingerprint density at radius 2 is 2.12 bits per heavy atom. The van der Waals surface area contributed by atoms with E-state index in [0.717, 1.165) is 0 Å². The molecule has 0 amide bonds. The Balaban J connectivity index is 2.30. The molecule has 1 aromatic rings. The van der Waals surface area contributed by atoms with Gasteiger partial charge in [-0.15, -0.1) is 0 Å². The number of ether oxygens (including phenoxy) is 1. The van der Waals surface area contributed by atoms with E-state index in [1.807, 2.05) is 6.07 Å². The van der Waals surface area contributed by atoms with E-state index in [9.17, 15) is 4.79 Å². The predicted molar refractivity (Wildman–Crippen MR) is 64.1 cm³/mol. The first-order valence-corrected chi connectivity index (χ1v) is 5.24. The molecule has 2 nitrogen and oxygen atoms in total. The molecular formula is C13H11ClO2. The lowest BCUT2D eigenvalue weighted by molar-refractivity contribution is 0.0513. The molecule has 0 unspecified atom stereocenters. The number of carbonyl (C=O) groups is 1. The number of halogens is 1. The maximum absolute atomic E-state index is 11.4. The molecule has 0 radical (unpaired) electrons. The second kappa shape index (κ2) is 7.56. The van der Waals surface area contributed by atoms with Gasteiger partial charge in [-0.05, 0) is 18.2 Å². The van der Waals surface area contributed by atoms with Crippen molar-refractivity contribution >= 4 is 17.6 Å².